The number of fused-ring (bicyclic) bond motifs is 1. The van der Waals surface area contributed by atoms with Crippen molar-refractivity contribution < 1.29 is 9.53 Å². The van der Waals surface area contributed by atoms with E-state index in [2.05, 4.69) is 15.0 Å². The lowest BCUT2D eigenvalue weighted by Crippen LogP contribution is -2.33. The van der Waals surface area contributed by atoms with Gasteiger partial charge in [-0.25, -0.2) is 4.98 Å². The molecule has 0 unspecified atom stereocenters. The summed E-state index contributed by atoms with van der Waals surface area (Å²) in [6.45, 7) is 2.49. The van der Waals surface area contributed by atoms with Crippen LogP contribution in [-0.4, -0.2) is 32.9 Å². The highest BCUT2D eigenvalue weighted by Crippen LogP contribution is 2.20. The highest BCUT2D eigenvalue weighted by molar-refractivity contribution is 5.92. The van der Waals surface area contributed by atoms with E-state index in [1.807, 2.05) is 43.3 Å². The Bertz CT molecular complexity index is 1270. The fraction of sp³-hybridized carbons (Fsp3) is 0.167. The van der Waals surface area contributed by atoms with Crippen molar-refractivity contribution in [1.29, 1.82) is 0 Å². The van der Waals surface area contributed by atoms with E-state index in [1.165, 1.54) is 18.6 Å². The molecule has 0 fully saturated rings. The third kappa shape index (κ3) is 4.61. The molecule has 7 nitrogen and oxygen atoms in total. The molecular weight excluding hydrogens is 392 g/mol. The van der Waals surface area contributed by atoms with Crippen molar-refractivity contribution in [2.45, 2.75) is 20.0 Å². The van der Waals surface area contributed by atoms with Crippen LogP contribution in [-0.2, 0) is 13.1 Å². The molecule has 0 saturated heterocycles. The van der Waals surface area contributed by atoms with Gasteiger partial charge in [-0.15, -0.1) is 0 Å². The van der Waals surface area contributed by atoms with Crippen LogP contribution in [0.15, 0.2) is 71.9 Å². The molecule has 156 valence electrons. The number of nitrogens with zero attached hydrogens (tertiary/aromatic N) is 3. The molecule has 0 aliphatic rings. The van der Waals surface area contributed by atoms with E-state index < -0.39 is 0 Å². The van der Waals surface area contributed by atoms with Crippen molar-refractivity contribution in [1.82, 2.24) is 19.9 Å². The van der Waals surface area contributed by atoms with E-state index in [9.17, 15) is 9.59 Å². The Morgan fingerprint density at radius 2 is 1.87 bits per heavy atom. The molecule has 0 spiro atoms. The number of ether oxygens (including phenoxy) is 1. The molecule has 0 aliphatic carbocycles. The number of pyridine rings is 1. The summed E-state index contributed by atoms with van der Waals surface area (Å²) >= 11 is 0. The molecule has 0 aliphatic heterocycles. The standard InChI is InChI=1S/C24H22N4O3/c1-16-3-5-17(6-4-16)14-28(24(30)22-13-25-9-10-26-22)15-19-11-18-7-8-20(31-2)12-21(18)27-23(19)29/h3-13H,14-15H2,1-2H3,(H,27,29). The van der Waals surface area contributed by atoms with Gasteiger partial charge in [-0.05, 0) is 36.1 Å². The Labute approximate surface area is 179 Å². The third-order valence-corrected chi connectivity index (χ3v) is 5.05. The number of hydrogen-bond donors (Lipinski definition) is 1. The summed E-state index contributed by atoms with van der Waals surface area (Å²) in [5.41, 5.74) is 3.25. The number of aromatic amines is 1. The first kappa shape index (κ1) is 20.3. The zero-order valence-corrected chi connectivity index (χ0v) is 17.3. The summed E-state index contributed by atoms with van der Waals surface area (Å²) in [7, 11) is 1.58. The van der Waals surface area contributed by atoms with Crippen LogP contribution >= 0.6 is 0 Å². The molecule has 2 heterocycles. The first-order chi connectivity index (χ1) is 15.0. The molecule has 0 bridgehead atoms. The molecule has 2 aromatic heterocycles. The summed E-state index contributed by atoms with van der Waals surface area (Å²) in [6, 6.07) is 15.2. The Balaban J connectivity index is 1.69. The molecule has 0 radical (unpaired) electrons. The normalized spacial score (nSPS) is 10.8. The summed E-state index contributed by atoms with van der Waals surface area (Å²) in [5.74, 6) is 0.373. The predicted octanol–water partition coefficient (Wildman–Crippen LogP) is 3.48. The van der Waals surface area contributed by atoms with Crippen LogP contribution in [0.2, 0.25) is 0 Å². The third-order valence-electron chi connectivity index (χ3n) is 5.05. The quantitative estimate of drug-likeness (QED) is 0.522. The van der Waals surface area contributed by atoms with E-state index in [4.69, 9.17) is 4.74 Å². The number of aryl methyl sites for hydroxylation is 1. The Morgan fingerprint density at radius 3 is 2.58 bits per heavy atom. The van der Waals surface area contributed by atoms with E-state index in [-0.39, 0.29) is 23.7 Å². The van der Waals surface area contributed by atoms with Crippen molar-refractivity contribution in [2.75, 3.05) is 7.11 Å². The maximum absolute atomic E-state index is 13.2. The maximum Gasteiger partial charge on any atom is 0.274 e. The molecular formula is C24H22N4O3. The topological polar surface area (TPSA) is 88.2 Å². The SMILES string of the molecule is COc1ccc2cc(CN(Cc3ccc(C)cc3)C(=O)c3cnccn3)c(=O)[nH]c2c1. The van der Waals surface area contributed by atoms with Crippen molar-refractivity contribution in [3.63, 3.8) is 0 Å². The Morgan fingerprint density at radius 1 is 1.06 bits per heavy atom. The fourth-order valence-corrected chi connectivity index (χ4v) is 3.36. The lowest BCUT2D eigenvalue weighted by Gasteiger charge is -2.22. The van der Waals surface area contributed by atoms with Crippen LogP contribution < -0.4 is 10.3 Å². The summed E-state index contributed by atoms with van der Waals surface area (Å²) in [4.78, 5) is 38.6. The monoisotopic (exact) mass is 414 g/mol. The van der Waals surface area contributed by atoms with Crippen LogP contribution in [0.3, 0.4) is 0 Å². The second-order valence-corrected chi connectivity index (χ2v) is 7.31. The number of nitrogens with one attached hydrogen (secondary N) is 1. The van der Waals surface area contributed by atoms with Crippen molar-refractivity contribution in [3.05, 3.63) is 99.9 Å². The van der Waals surface area contributed by atoms with Crippen LogP contribution in [0.4, 0.5) is 0 Å². The van der Waals surface area contributed by atoms with Crippen molar-refractivity contribution in [2.24, 2.45) is 0 Å². The molecule has 7 heteroatoms. The minimum absolute atomic E-state index is 0.139. The highest BCUT2D eigenvalue weighted by atomic mass is 16.5. The van der Waals surface area contributed by atoms with Gasteiger partial charge in [-0.3, -0.25) is 14.6 Å². The van der Waals surface area contributed by atoms with Crippen molar-refractivity contribution in [3.8, 4) is 5.75 Å². The largest absolute Gasteiger partial charge is 0.497 e. The summed E-state index contributed by atoms with van der Waals surface area (Å²) in [6.07, 6.45) is 4.43. The van der Waals surface area contributed by atoms with Gasteiger partial charge in [-0.1, -0.05) is 29.8 Å². The second kappa shape index (κ2) is 8.79. The number of rotatable bonds is 6. The van der Waals surface area contributed by atoms with Gasteiger partial charge in [0.1, 0.15) is 11.4 Å². The average molecular weight is 414 g/mol. The fourth-order valence-electron chi connectivity index (χ4n) is 3.36. The maximum atomic E-state index is 13.2. The predicted molar refractivity (Wildman–Crippen MR) is 118 cm³/mol. The van der Waals surface area contributed by atoms with Gasteiger partial charge in [0.2, 0.25) is 0 Å². The van der Waals surface area contributed by atoms with Gasteiger partial charge in [0.25, 0.3) is 11.5 Å². The second-order valence-electron chi connectivity index (χ2n) is 7.31. The average Bonchev–Trinajstić information content (AvgIpc) is 2.80. The number of hydrogen-bond acceptors (Lipinski definition) is 5. The molecule has 31 heavy (non-hydrogen) atoms. The lowest BCUT2D eigenvalue weighted by atomic mass is 10.1. The smallest absolute Gasteiger partial charge is 0.274 e. The van der Waals surface area contributed by atoms with Gasteiger partial charge in [0.15, 0.2) is 0 Å². The van der Waals surface area contributed by atoms with Crippen LogP contribution in [0, 0.1) is 6.92 Å². The molecule has 0 atom stereocenters. The van der Waals surface area contributed by atoms with Crippen LogP contribution in [0.1, 0.15) is 27.2 Å². The number of amides is 1. The minimum Gasteiger partial charge on any atom is -0.497 e. The zero-order chi connectivity index (χ0) is 21.8. The van der Waals surface area contributed by atoms with E-state index in [0.717, 1.165) is 16.5 Å². The van der Waals surface area contributed by atoms with Crippen LogP contribution in [0.5, 0.6) is 5.75 Å². The molecule has 4 rings (SSSR count). The number of carbonyl (C=O) groups excluding carboxylic acids is 1. The number of aromatic nitrogens is 3. The lowest BCUT2D eigenvalue weighted by molar-refractivity contribution is 0.0723. The minimum atomic E-state index is -0.289. The molecule has 1 amide bonds. The van der Waals surface area contributed by atoms with Gasteiger partial charge < -0.3 is 14.6 Å². The summed E-state index contributed by atoms with van der Waals surface area (Å²) < 4.78 is 5.22. The van der Waals surface area contributed by atoms with Gasteiger partial charge in [0, 0.05) is 30.6 Å². The van der Waals surface area contributed by atoms with Gasteiger partial charge in [0.05, 0.1) is 25.4 Å². The van der Waals surface area contributed by atoms with Gasteiger partial charge >= 0.3 is 0 Å². The van der Waals surface area contributed by atoms with Crippen molar-refractivity contribution >= 4 is 16.8 Å². The molecule has 4 aromatic rings. The Kier molecular flexibility index (Phi) is 5.75. The highest BCUT2D eigenvalue weighted by Gasteiger charge is 2.20. The van der Waals surface area contributed by atoms with E-state index in [1.54, 1.807) is 24.1 Å². The van der Waals surface area contributed by atoms with E-state index in [0.29, 0.717) is 23.4 Å². The van der Waals surface area contributed by atoms with Gasteiger partial charge in [-0.2, -0.15) is 0 Å². The molecule has 1 N–H and O–H groups in total. The summed E-state index contributed by atoms with van der Waals surface area (Å²) in [5, 5.41) is 0.859. The van der Waals surface area contributed by atoms with Crippen LogP contribution in [0.25, 0.3) is 10.9 Å². The number of methoxy groups -OCH3 is 1. The zero-order valence-electron chi connectivity index (χ0n) is 17.3. The Hall–Kier alpha value is -4.00. The number of carbonyl (C=O) groups is 1. The number of H-pyrrole nitrogens is 1. The number of benzene rings is 2. The molecule has 2 aromatic carbocycles. The first-order valence-electron chi connectivity index (χ1n) is 9.84. The van der Waals surface area contributed by atoms with E-state index >= 15 is 0 Å². The molecule has 0 saturated carbocycles. The first-order valence-corrected chi connectivity index (χ1v) is 9.84.